The number of benzene rings is 3. The highest BCUT2D eigenvalue weighted by Gasteiger charge is 2.25. The van der Waals surface area contributed by atoms with E-state index in [2.05, 4.69) is 5.32 Å². The zero-order valence-electron chi connectivity index (χ0n) is 17.7. The highest BCUT2D eigenvalue weighted by Crippen LogP contribution is 2.22. The maximum absolute atomic E-state index is 12.8. The fourth-order valence-electron chi connectivity index (χ4n) is 3.04. The minimum Gasteiger partial charge on any atom is -0.497 e. The molecule has 0 saturated carbocycles. The average Bonchev–Trinajstić information content (AvgIpc) is 2.82. The zero-order valence-corrected chi connectivity index (χ0v) is 19.2. The molecule has 0 aromatic heterocycles. The number of hydrogen-bond donors (Lipinski definition) is 1. The summed E-state index contributed by atoms with van der Waals surface area (Å²) in [4.78, 5) is 38.0. The van der Waals surface area contributed by atoms with Gasteiger partial charge in [0.15, 0.2) is 12.4 Å². The van der Waals surface area contributed by atoms with Crippen LogP contribution >= 0.6 is 23.2 Å². The molecule has 1 N–H and O–H groups in total. The van der Waals surface area contributed by atoms with Gasteiger partial charge in [-0.15, -0.1) is 0 Å². The largest absolute Gasteiger partial charge is 0.497 e. The van der Waals surface area contributed by atoms with Crippen molar-refractivity contribution in [3.8, 4) is 5.75 Å². The van der Waals surface area contributed by atoms with E-state index < -0.39 is 24.4 Å². The van der Waals surface area contributed by atoms with E-state index in [4.69, 9.17) is 32.7 Å². The molecule has 0 heterocycles. The van der Waals surface area contributed by atoms with Crippen molar-refractivity contribution in [2.24, 2.45) is 0 Å². The molecular formula is C25H21Cl2NO5. The third-order valence-corrected chi connectivity index (χ3v) is 5.33. The second-order valence-corrected chi connectivity index (χ2v) is 7.92. The minimum absolute atomic E-state index is 0.162. The summed E-state index contributed by atoms with van der Waals surface area (Å²) in [6.07, 6.45) is -0.162. The van der Waals surface area contributed by atoms with Gasteiger partial charge >= 0.3 is 5.97 Å². The van der Waals surface area contributed by atoms with Crippen LogP contribution < -0.4 is 10.1 Å². The summed E-state index contributed by atoms with van der Waals surface area (Å²) >= 11 is 11.9. The van der Waals surface area contributed by atoms with Crippen molar-refractivity contribution in [2.75, 3.05) is 19.0 Å². The van der Waals surface area contributed by atoms with E-state index >= 15 is 0 Å². The predicted molar refractivity (Wildman–Crippen MR) is 128 cm³/mol. The summed E-state index contributed by atoms with van der Waals surface area (Å²) in [5.74, 6) is -0.827. The summed E-state index contributed by atoms with van der Waals surface area (Å²) in [6, 6.07) is 18.9. The van der Waals surface area contributed by atoms with E-state index in [0.29, 0.717) is 22.0 Å². The second kappa shape index (κ2) is 11.5. The van der Waals surface area contributed by atoms with Crippen molar-refractivity contribution in [1.82, 2.24) is 0 Å². The number of anilines is 1. The van der Waals surface area contributed by atoms with Crippen LogP contribution in [0, 0.1) is 0 Å². The highest BCUT2D eigenvalue weighted by atomic mass is 35.5. The first-order valence-corrected chi connectivity index (χ1v) is 10.8. The van der Waals surface area contributed by atoms with Crippen molar-refractivity contribution < 1.29 is 23.9 Å². The third-order valence-electron chi connectivity index (χ3n) is 4.78. The fourth-order valence-corrected chi connectivity index (χ4v) is 3.55. The molecule has 170 valence electrons. The van der Waals surface area contributed by atoms with Gasteiger partial charge in [0, 0.05) is 28.3 Å². The van der Waals surface area contributed by atoms with Crippen LogP contribution in [0.2, 0.25) is 10.0 Å². The molecule has 0 radical (unpaired) electrons. The lowest BCUT2D eigenvalue weighted by Gasteiger charge is -2.18. The summed E-state index contributed by atoms with van der Waals surface area (Å²) in [7, 11) is 1.55. The van der Waals surface area contributed by atoms with Crippen LogP contribution in [-0.4, -0.2) is 37.3 Å². The number of halogens is 2. The van der Waals surface area contributed by atoms with Gasteiger partial charge in [-0.3, -0.25) is 9.59 Å². The van der Waals surface area contributed by atoms with Gasteiger partial charge in [0.1, 0.15) is 11.8 Å². The van der Waals surface area contributed by atoms with Gasteiger partial charge in [-0.25, -0.2) is 4.79 Å². The van der Waals surface area contributed by atoms with Crippen LogP contribution in [0.4, 0.5) is 5.69 Å². The Morgan fingerprint density at radius 2 is 1.61 bits per heavy atom. The van der Waals surface area contributed by atoms with Gasteiger partial charge < -0.3 is 14.8 Å². The minimum atomic E-state index is -1.01. The van der Waals surface area contributed by atoms with Crippen molar-refractivity contribution in [3.05, 3.63) is 94.0 Å². The van der Waals surface area contributed by atoms with Gasteiger partial charge in [0.2, 0.25) is 5.78 Å². The molecule has 3 rings (SSSR count). The Morgan fingerprint density at radius 3 is 2.24 bits per heavy atom. The van der Waals surface area contributed by atoms with Crippen LogP contribution in [0.15, 0.2) is 72.8 Å². The molecule has 0 fully saturated rings. The smallest absolute Gasteiger partial charge is 0.329 e. The molecule has 1 unspecified atom stereocenters. The SMILES string of the molecule is COc1ccc(NC(CC(=O)c2ccccc2)C(=O)OCC(=O)c2ccc(Cl)cc2Cl)cc1. The molecule has 0 bridgehead atoms. The molecule has 0 saturated heterocycles. The Bertz CT molecular complexity index is 1130. The van der Waals surface area contributed by atoms with Gasteiger partial charge in [-0.2, -0.15) is 0 Å². The molecule has 33 heavy (non-hydrogen) atoms. The Kier molecular flexibility index (Phi) is 8.46. The van der Waals surface area contributed by atoms with Crippen molar-refractivity contribution in [3.63, 3.8) is 0 Å². The Morgan fingerprint density at radius 1 is 0.909 bits per heavy atom. The number of carbonyl (C=O) groups is 3. The number of ether oxygens (including phenoxy) is 2. The van der Waals surface area contributed by atoms with Crippen LogP contribution in [0.1, 0.15) is 27.1 Å². The van der Waals surface area contributed by atoms with Gasteiger partial charge in [-0.1, -0.05) is 53.5 Å². The quantitative estimate of drug-likeness (QED) is 0.302. The van der Waals surface area contributed by atoms with Gasteiger partial charge in [-0.05, 0) is 42.5 Å². The summed E-state index contributed by atoms with van der Waals surface area (Å²) in [5, 5.41) is 3.56. The molecule has 0 aliphatic rings. The van der Waals surface area contributed by atoms with E-state index in [9.17, 15) is 14.4 Å². The number of nitrogens with one attached hydrogen (secondary N) is 1. The Labute approximate surface area is 201 Å². The van der Waals surface area contributed by atoms with E-state index in [0.717, 1.165) is 0 Å². The number of ketones is 2. The third kappa shape index (κ3) is 6.81. The number of esters is 1. The van der Waals surface area contributed by atoms with E-state index in [1.165, 1.54) is 18.2 Å². The Hall–Kier alpha value is -3.35. The molecule has 3 aromatic carbocycles. The first-order chi connectivity index (χ1) is 15.9. The van der Waals surface area contributed by atoms with Crippen LogP contribution in [0.25, 0.3) is 0 Å². The monoisotopic (exact) mass is 485 g/mol. The van der Waals surface area contributed by atoms with Crippen molar-refractivity contribution >= 4 is 46.4 Å². The topological polar surface area (TPSA) is 81.7 Å². The van der Waals surface area contributed by atoms with Gasteiger partial charge in [0.25, 0.3) is 0 Å². The molecule has 0 amide bonds. The number of hydrogen-bond acceptors (Lipinski definition) is 6. The second-order valence-electron chi connectivity index (χ2n) is 7.07. The molecule has 6 nitrogen and oxygen atoms in total. The normalized spacial score (nSPS) is 11.4. The molecule has 0 aliphatic heterocycles. The maximum atomic E-state index is 12.8. The number of methoxy groups -OCH3 is 1. The first-order valence-electron chi connectivity index (χ1n) is 10.0. The molecule has 8 heteroatoms. The molecule has 0 spiro atoms. The fraction of sp³-hybridized carbons (Fsp3) is 0.160. The van der Waals surface area contributed by atoms with Crippen molar-refractivity contribution in [1.29, 1.82) is 0 Å². The molecular weight excluding hydrogens is 465 g/mol. The standard InChI is InChI=1S/C25H21Cl2NO5/c1-32-19-10-8-18(9-11-19)28-22(14-23(29)16-5-3-2-4-6-16)25(31)33-15-24(30)20-12-7-17(26)13-21(20)27/h2-13,22,28H,14-15H2,1H3. The van der Waals surface area contributed by atoms with E-state index in [1.807, 2.05) is 0 Å². The lowest BCUT2D eigenvalue weighted by molar-refractivity contribution is -0.143. The first kappa shape index (κ1) is 24.3. The van der Waals surface area contributed by atoms with E-state index in [-0.39, 0.29) is 22.8 Å². The number of rotatable bonds is 10. The van der Waals surface area contributed by atoms with Gasteiger partial charge in [0.05, 0.1) is 12.1 Å². The summed E-state index contributed by atoms with van der Waals surface area (Å²) < 4.78 is 10.4. The maximum Gasteiger partial charge on any atom is 0.329 e. The van der Waals surface area contributed by atoms with Crippen LogP contribution in [0.5, 0.6) is 5.75 Å². The lowest BCUT2D eigenvalue weighted by atomic mass is 10.0. The molecule has 0 aliphatic carbocycles. The molecule has 1 atom stereocenters. The number of carbonyl (C=O) groups excluding carboxylic acids is 3. The number of Topliss-reactive ketones (excluding diaryl/α,β-unsaturated/α-hetero) is 2. The van der Waals surface area contributed by atoms with Crippen LogP contribution in [-0.2, 0) is 9.53 Å². The molecule has 3 aromatic rings. The average molecular weight is 486 g/mol. The zero-order chi connectivity index (χ0) is 23.8. The Balaban J connectivity index is 1.72. The summed E-state index contributed by atoms with van der Waals surface area (Å²) in [5.41, 5.74) is 1.25. The van der Waals surface area contributed by atoms with Crippen molar-refractivity contribution in [2.45, 2.75) is 12.5 Å². The lowest BCUT2D eigenvalue weighted by Crippen LogP contribution is -2.34. The summed E-state index contributed by atoms with van der Waals surface area (Å²) in [6.45, 7) is -0.527. The highest BCUT2D eigenvalue weighted by molar-refractivity contribution is 6.36. The predicted octanol–water partition coefficient (Wildman–Crippen LogP) is 5.48. The van der Waals surface area contributed by atoms with E-state index in [1.54, 1.807) is 61.7 Å². The van der Waals surface area contributed by atoms with Crippen LogP contribution in [0.3, 0.4) is 0 Å².